The van der Waals surface area contributed by atoms with Crippen molar-refractivity contribution in [2.45, 2.75) is 64.8 Å². The molecule has 186 valence electrons. The molecule has 0 aliphatic carbocycles. The van der Waals surface area contributed by atoms with Crippen LogP contribution in [-0.4, -0.2) is 92.5 Å². The van der Waals surface area contributed by atoms with Gasteiger partial charge in [-0.05, 0) is 40.7 Å². The molecule has 0 aromatic heterocycles. The molecule has 0 saturated carbocycles. The predicted molar refractivity (Wildman–Crippen MR) is 117 cm³/mol. The molecule has 0 radical (unpaired) electrons. The minimum absolute atomic E-state index is 0.192. The van der Waals surface area contributed by atoms with Crippen molar-refractivity contribution in [2.75, 3.05) is 39.5 Å². The van der Waals surface area contributed by atoms with Crippen LogP contribution in [0.15, 0.2) is 0 Å². The predicted octanol–water partition coefficient (Wildman–Crippen LogP) is -2.23. The Morgan fingerprint density at radius 2 is 1.38 bits per heavy atom. The number of aliphatic hydroxyl groups is 1. The second kappa shape index (κ2) is 17.3. The Morgan fingerprint density at radius 1 is 0.812 bits per heavy atom. The monoisotopic (exact) mass is 461 g/mol. The van der Waals surface area contributed by atoms with Crippen molar-refractivity contribution in [2.24, 2.45) is 5.73 Å². The molecule has 0 aliphatic rings. The van der Waals surface area contributed by atoms with Crippen molar-refractivity contribution in [1.82, 2.24) is 21.3 Å². The van der Waals surface area contributed by atoms with E-state index >= 15 is 0 Å². The first-order chi connectivity index (χ1) is 15.0. The summed E-state index contributed by atoms with van der Waals surface area (Å²) >= 11 is 0. The Kier molecular flexibility index (Phi) is 16.1. The average molecular weight is 462 g/mol. The maximum atomic E-state index is 12.1. The zero-order valence-electron chi connectivity index (χ0n) is 19.4. The summed E-state index contributed by atoms with van der Waals surface area (Å²) < 4.78 is 10.6. The first-order valence-corrected chi connectivity index (χ1v) is 10.8. The van der Waals surface area contributed by atoms with E-state index in [0.29, 0.717) is 32.9 Å². The highest BCUT2D eigenvalue weighted by Gasteiger charge is 2.22. The average Bonchev–Trinajstić information content (AvgIpc) is 2.71. The maximum absolute atomic E-state index is 12.1. The fraction of sp³-hybridized carbons (Fsp3) is 0.800. The van der Waals surface area contributed by atoms with Gasteiger partial charge in [0.05, 0.1) is 25.9 Å². The molecule has 4 amide bonds. The topological polar surface area (TPSA) is 181 Å². The smallest absolute Gasteiger partial charge is 0.242 e. The standard InChI is InChI=1S/C20H39N5O7/c1-13(26)12-32-11-10-31-9-5-7-22-8-6-17(27)23-15(3)19(29)25-16(4)20(30)24-14(2)18(21)28/h13-16,22,26H,5-12H2,1-4H3,(H2,21,28)(H,23,27)(H,24,30)(H,25,29). The Hall–Kier alpha value is -2.28. The van der Waals surface area contributed by atoms with Crippen LogP contribution in [0.1, 0.15) is 40.5 Å². The Morgan fingerprint density at radius 3 is 1.97 bits per heavy atom. The normalized spacial score (nSPS) is 14.7. The third kappa shape index (κ3) is 15.5. The number of aliphatic hydroxyl groups excluding tert-OH is 1. The molecule has 0 bridgehead atoms. The van der Waals surface area contributed by atoms with Crippen molar-refractivity contribution < 1.29 is 33.8 Å². The lowest BCUT2D eigenvalue weighted by atomic mass is 10.2. The van der Waals surface area contributed by atoms with Gasteiger partial charge in [0.15, 0.2) is 0 Å². The van der Waals surface area contributed by atoms with E-state index in [1.54, 1.807) is 6.92 Å². The third-order valence-electron chi connectivity index (χ3n) is 4.21. The maximum Gasteiger partial charge on any atom is 0.242 e. The van der Waals surface area contributed by atoms with E-state index in [9.17, 15) is 19.2 Å². The highest BCUT2D eigenvalue weighted by Crippen LogP contribution is 1.91. The Labute approximate surface area is 189 Å². The zero-order chi connectivity index (χ0) is 24.5. The molecule has 0 aromatic carbocycles. The summed E-state index contributed by atoms with van der Waals surface area (Å²) in [6, 6.07) is -2.57. The van der Waals surface area contributed by atoms with E-state index in [1.807, 2.05) is 0 Å². The van der Waals surface area contributed by atoms with E-state index in [2.05, 4.69) is 21.3 Å². The SMILES string of the molecule is CC(O)COCCOCCCNCCC(=O)NC(C)C(=O)NC(C)C(=O)NC(C)C(N)=O. The number of ether oxygens (including phenoxy) is 2. The summed E-state index contributed by atoms with van der Waals surface area (Å²) in [7, 11) is 0. The van der Waals surface area contributed by atoms with E-state index in [4.69, 9.17) is 20.3 Å². The first-order valence-electron chi connectivity index (χ1n) is 10.8. The van der Waals surface area contributed by atoms with Gasteiger partial charge in [0.2, 0.25) is 23.6 Å². The number of hydrogen-bond acceptors (Lipinski definition) is 8. The van der Waals surface area contributed by atoms with Gasteiger partial charge in [0.1, 0.15) is 18.1 Å². The van der Waals surface area contributed by atoms with Crippen LogP contribution in [0.4, 0.5) is 0 Å². The number of carbonyl (C=O) groups is 4. The minimum Gasteiger partial charge on any atom is -0.391 e. The highest BCUT2D eigenvalue weighted by atomic mass is 16.5. The van der Waals surface area contributed by atoms with Gasteiger partial charge in [-0.25, -0.2) is 0 Å². The van der Waals surface area contributed by atoms with Crippen molar-refractivity contribution >= 4 is 23.6 Å². The summed E-state index contributed by atoms with van der Waals surface area (Å²) in [5.74, 6) is -2.05. The number of primary amides is 1. The molecule has 12 nitrogen and oxygen atoms in total. The van der Waals surface area contributed by atoms with Crippen molar-refractivity contribution in [3.8, 4) is 0 Å². The van der Waals surface area contributed by atoms with Crippen LogP contribution in [0.3, 0.4) is 0 Å². The van der Waals surface area contributed by atoms with Crippen LogP contribution in [0.25, 0.3) is 0 Å². The molecule has 32 heavy (non-hydrogen) atoms. The van der Waals surface area contributed by atoms with Gasteiger partial charge >= 0.3 is 0 Å². The number of hydrogen-bond donors (Lipinski definition) is 6. The zero-order valence-corrected chi connectivity index (χ0v) is 19.4. The summed E-state index contributed by atoms with van der Waals surface area (Å²) in [6.45, 7) is 8.92. The van der Waals surface area contributed by atoms with Crippen LogP contribution in [-0.2, 0) is 28.7 Å². The van der Waals surface area contributed by atoms with Crippen molar-refractivity contribution in [3.05, 3.63) is 0 Å². The largest absolute Gasteiger partial charge is 0.391 e. The van der Waals surface area contributed by atoms with Crippen LogP contribution >= 0.6 is 0 Å². The van der Waals surface area contributed by atoms with Gasteiger partial charge in [0, 0.05) is 19.6 Å². The van der Waals surface area contributed by atoms with Gasteiger partial charge in [-0.3, -0.25) is 19.2 Å². The summed E-state index contributed by atoms with van der Waals surface area (Å²) in [4.78, 5) is 47.0. The number of nitrogens with two attached hydrogens (primary N) is 1. The molecule has 0 saturated heterocycles. The molecular weight excluding hydrogens is 422 g/mol. The second-order valence-electron chi connectivity index (χ2n) is 7.54. The van der Waals surface area contributed by atoms with Crippen LogP contribution in [0.5, 0.6) is 0 Å². The molecular formula is C20H39N5O7. The molecule has 0 rings (SSSR count). The van der Waals surface area contributed by atoms with Crippen LogP contribution in [0.2, 0.25) is 0 Å². The number of nitrogens with one attached hydrogen (secondary N) is 4. The van der Waals surface area contributed by atoms with E-state index in [1.165, 1.54) is 20.8 Å². The fourth-order valence-electron chi connectivity index (χ4n) is 2.29. The summed E-state index contributed by atoms with van der Waals surface area (Å²) in [5, 5.41) is 19.6. The van der Waals surface area contributed by atoms with Gasteiger partial charge in [-0.2, -0.15) is 0 Å². The number of amides is 4. The van der Waals surface area contributed by atoms with Crippen molar-refractivity contribution in [1.29, 1.82) is 0 Å². The third-order valence-corrected chi connectivity index (χ3v) is 4.21. The molecule has 7 N–H and O–H groups in total. The van der Waals surface area contributed by atoms with Crippen molar-refractivity contribution in [3.63, 3.8) is 0 Å². The molecule has 0 aliphatic heterocycles. The molecule has 12 heteroatoms. The summed E-state index contributed by atoms with van der Waals surface area (Å²) in [6.07, 6.45) is 0.477. The highest BCUT2D eigenvalue weighted by molar-refractivity contribution is 5.93. The molecule has 4 unspecified atom stereocenters. The number of rotatable bonds is 18. The van der Waals surface area contributed by atoms with E-state index in [-0.39, 0.29) is 18.9 Å². The molecule has 0 aromatic rings. The quantitative estimate of drug-likeness (QED) is 0.124. The van der Waals surface area contributed by atoms with Gasteiger partial charge in [0.25, 0.3) is 0 Å². The first kappa shape index (κ1) is 29.7. The molecule has 4 atom stereocenters. The number of carbonyl (C=O) groups excluding carboxylic acids is 4. The summed E-state index contributed by atoms with van der Waals surface area (Å²) in [5.41, 5.74) is 5.08. The van der Waals surface area contributed by atoms with Gasteiger partial charge in [-0.1, -0.05) is 0 Å². The molecule has 0 heterocycles. The van der Waals surface area contributed by atoms with Gasteiger partial charge < -0.3 is 41.6 Å². The lowest BCUT2D eigenvalue weighted by Gasteiger charge is -2.19. The Bertz CT molecular complexity index is 589. The molecule has 0 fully saturated rings. The van der Waals surface area contributed by atoms with E-state index < -0.39 is 42.0 Å². The van der Waals surface area contributed by atoms with Gasteiger partial charge in [-0.15, -0.1) is 0 Å². The van der Waals surface area contributed by atoms with Crippen LogP contribution < -0.4 is 27.0 Å². The fourth-order valence-corrected chi connectivity index (χ4v) is 2.29. The Balaban J connectivity index is 3.85. The van der Waals surface area contributed by atoms with E-state index in [0.717, 1.165) is 6.42 Å². The molecule has 0 spiro atoms. The lowest BCUT2D eigenvalue weighted by Crippen LogP contribution is -2.54. The minimum atomic E-state index is -0.891. The second-order valence-corrected chi connectivity index (χ2v) is 7.54. The lowest BCUT2D eigenvalue weighted by molar-refractivity contribution is -0.132. The van der Waals surface area contributed by atoms with Crippen LogP contribution in [0, 0.1) is 0 Å².